The zero-order valence-electron chi connectivity index (χ0n) is 17.0. The number of hydrogen-bond acceptors (Lipinski definition) is 2. The first-order valence-electron chi connectivity index (χ1n) is 9.02. The van der Waals surface area contributed by atoms with Crippen molar-refractivity contribution in [2.45, 2.75) is 39.3 Å². The summed E-state index contributed by atoms with van der Waals surface area (Å²) in [6.07, 6.45) is 0. The van der Waals surface area contributed by atoms with E-state index in [9.17, 15) is 0 Å². The Balaban J connectivity index is 1.85. The van der Waals surface area contributed by atoms with Crippen molar-refractivity contribution in [1.29, 1.82) is 0 Å². The van der Waals surface area contributed by atoms with E-state index in [1.807, 2.05) is 48.5 Å². The molecule has 2 aromatic carbocycles. The summed E-state index contributed by atoms with van der Waals surface area (Å²) in [6, 6.07) is 15.4. The number of hydrogen-bond donors (Lipinski definition) is 0. The van der Waals surface area contributed by atoms with E-state index >= 15 is 0 Å². The van der Waals surface area contributed by atoms with Gasteiger partial charge in [-0.15, -0.1) is 11.1 Å². The van der Waals surface area contributed by atoms with Crippen LogP contribution in [0.4, 0.5) is 0 Å². The van der Waals surface area contributed by atoms with E-state index in [0.717, 1.165) is 11.1 Å². The molecule has 0 aliphatic heterocycles. The summed E-state index contributed by atoms with van der Waals surface area (Å²) in [5, 5.41) is 0. The summed E-state index contributed by atoms with van der Waals surface area (Å²) in [5.41, 5.74) is 8.71. The second-order valence-electron chi connectivity index (χ2n) is 8.38. The van der Waals surface area contributed by atoms with E-state index in [0.29, 0.717) is 11.5 Å². The lowest BCUT2D eigenvalue weighted by molar-refractivity contribution is 0.459. The summed E-state index contributed by atoms with van der Waals surface area (Å²) >= 11 is 0. The summed E-state index contributed by atoms with van der Waals surface area (Å²) in [4.78, 5) is 0. The Morgan fingerprint density at radius 3 is 1.22 bits per heavy atom. The highest BCUT2D eigenvalue weighted by atomic mass is 28.3. The Labute approximate surface area is 166 Å². The van der Waals surface area contributed by atoms with Crippen LogP contribution in [0.3, 0.4) is 0 Å². The van der Waals surface area contributed by atoms with Gasteiger partial charge in [0.25, 0.3) is 0 Å². The quantitative estimate of drug-likeness (QED) is 0.533. The Kier molecular flexibility index (Phi) is 7.02. The number of benzene rings is 2. The fraction of sp³-hybridized carbons (Fsp3) is 0.273. The van der Waals surface area contributed by atoms with E-state index in [2.05, 4.69) is 62.2 Å². The normalized spacial score (nSPS) is 10.7. The summed E-state index contributed by atoms with van der Waals surface area (Å²) < 4.78 is 11.0. The van der Waals surface area contributed by atoms with Crippen molar-refractivity contribution >= 4 is 23.8 Å². The second-order valence-corrected chi connectivity index (χ2v) is 17.9. The van der Waals surface area contributed by atoms with Gasteiger partial charge in [-0.05, 0) is 48.5 Å². The van der Waals surface area contributed by atoms with Gasteiger partial charge in [0.1, 0.15) is 27.6 Å². The van der Waals surface area contributed by atoms with Crippen LogP contribution in [0.15, 0.2) is 48.5 Å². The Bertz CT molecular complexity index is 794. The van der Waals surface area contributed by atoms with Gasteiger partial charge in [-0.25, -0.2) is 0 Å². The van der Waals surface area contributed by atoms with Crippen molar-refractivity contribution in [3.05, 3.63) is 59.7 Å². The highest BCUT2D eigenvalue weighted by Gasteiger charge is 2.08. The maximum Gasteiger partial charge on any atom is 0.658 e. The summed E-state index contributed by atoms with van der Waals surface area (Å²) in [7, 11) is -1.37. The van der Waals surface area contributed by atoms with Gasteiger partial charge in [-0.1, -0.05) is 51.1 Å². The van der Waals surface area contributed by atoms with Crippen molar-refractivity contribution in [1.82, 2.24) is 0 Å². The lowest BCUT2D eigenvalue weighted by Gasteiger charge is -2.07. The average molecular weight is 389 g/mol. The van der Waals surface area contributed by atoms with Gasteiger partial charge in [0.2, 0.25) is 0 Å². The molecule has 2 rings (SSSR count). The predicted octanol–water partition coefficient (Wildman–Crippen LogP) is 5.14. The molecule has 0 amide bonds. The maximum absolute atomic E-state index is 5.52. The van der Waals surface area contributed by atoms with Crippen LogP contribution in [0, 0.1) is 22.9 Å². The molecule has 0 fully saturated rings. The maximum atomic E-state index is 5.52. The van der Waals surface area contributed by atoms with Gasteiger partial charge >= 0.3 is 7.69 Å². The predicted molar refractivity (Wildman–Crippen MR) is 120 cm³/mol. The second kappa shape index (κ2) is 9.04. The molecule has 27 heavy (non-hydrogen) atoms. The third kappa shape index (κ3) is 8.73. The topological polar surface area (TPSA) is 18.5 Å². The Morgan fingerprint density at radius 1 is 0.593 bits per heavy atom. The van der Waals surface area contributed by atoms with Gasteiger partial charge in [0.05, 0.1) is 0 Å². The first-order chi connectivity index (χ1) is 12.6. The van der Waals surface area contributed by atoms with Crippen molar-refractivity contribution in [2.75, 3.05) is 0 Å². The highest BCUT2D eigenvalue weighted by molar-refractivity contribution is 6.84. The van der Waals surface area contributed by atoms with Gasteiger partial charge in [-0.2, -0.15) is 0 Å². The smallest absolute Gasteiger partial charge is 0.526 e. The molecule has 5 heteroatoms. The van der Waals surface area contributed by atoms with Crippen LogP contribution in [0.5, 0.6) is 11.5 Å². The lowest BCUT2D eigenvalue weighted by Crippen LogP contribution is -2.16. The van der Waals surface area contributed by atoms with Crippen molar-refractivity contribution in [2.24, 2.45) is 0 Å². The molecule has 0 atom stereocenters. The minimum Gasteiger partial charge on any atom is -0.526 e. The molecule has 0 N–H and O–H groups in total. The number of rotatable bonds is 4. The lowest BCUT2D eigenvalue weighted by atomic mass is 10.2. The molecule has 0 bridgehead atoms. The van der Waals surface area contributed by atoms with Crippen LogP contribution < -0.4 is 9.31 Å². The van der Waals surface area contributed by atoms with Gasteiger partial charge < -0.3 is 9.31 Å². The zero-order valence-corrected chi connectivity index (χ0v) is 19.0. The molecular formula is C22H26BO2Si2. The monoisotopic (exact) mass is 389 g/mol. The van der Waals surface area contributed by atoms with Crippen molar-refractivity contribution in [3.63, 3.8) is 0 Å². The SMILES string of the molecule is C[Si](C)(C)C#Cc1ccc(O[B]Oc2ccc(C#C[Si](C)(C)C)cc2)cc1. The first-order valence-corrected chi connectivity index (χ1v) is 16.0. The first kappa shape index (κ1) is 21.0. The Hall–Kier alpha value is -2.34. The third-order valence-corrected chi connectivity index (χ3v) is 4.99. The van der Waals surface area contributed by atoms with Crippen LogP contribution in [0.1, 0.15) is 11.1 Å². The molecule has 2 aromatic rings. The van der Waals surface area contributed by atoms with Crippen LogP contribution >= 0.6 is 0 Å². The third-order valence-electron chi connectivity index (χ3n) is 3.24. The van der Waals surface area contributed by atoms with Crippen LogP contribution in [-0.4, -0.2) is 23.8 Å². The fourth-order valence-electron chi connectivity index (χ4n) is 1.89. The van der Waals surface area contributed by atoms with E-state index in [1.165, 1.54) is 7.69 Å². The average Bonchev–Trinajstić information content (AvgIpc) is 2.59. The molecule has 0 aliphatic carbocycles. The summed E-state index contributed by atoms with van der Waals surface area (Å²) in [6.45, 7) is 13.4. The van der Waals surface area contributed by atoms with Crippen LogP contribution in [0.25, 0.3) is 0 Å². The van der Waals surface area contributed by atoms with E-state index in [-0.39, 0.29) is 0 Å². The minimum atomic E-state index is -1.36. The van der Waals surface area contributed by atoms with Gasteiger partial charge in [0, 0.05) is 11.1 Å². The minimum absolute atomic E-state index is 0.714. The molecule has 137 valence electrons. The van der Waals surface area contributed by atoms with Gasteiger partial charge in [0.15, 0.2) is 0 Å². The largest absolute Gasteiger partial charge is 0.658 e. The van der Waals surface area contributed by atoms with E-state index < -0.39 is 16.1 Å². The van der Waals surface area contributed by atoms with Crippen LogP contribution in [0.2, 0.25) is 39.3 Å². The molecule has 0 saturated carbocycles. The molecule has 1 radical (unpaired) electrons. The van der Waals surface area contributed by atoms with Crippen molar-refractivity contribution < 1.29 is 9.31 Å². The van der Waals surface area contributed by atoms with Crippen molar-refractivity contribution in [3.8, 4) is 34.4 Å². The summed E-state index contributed by atoms with van der Waals surface area (Å²) in [5.74, 6) is 7.88. The van der Waals surface area contributed by atoms with E-state index in [4.69, 9.17) is 9.31 Å². The zero-order chi connectivity index (χ0) is 19.9. The fourth-order valence-corrected chi connectivity index (χ4v) is 2.93. The highest BCUT2D eigenvalue weighted by Crippen LogP contribution is 2.14. The van der Waals surface area contributed by atoms with Crippen LogP contribution in [-0.2, 0) is 0 Å². The van der Waals surface area contributed by atoms with Gasteiger partial charge in [-0.3, -0.25) is 0 Å². The molecule has 2 nitrogen and oxygen atoms in total. The van der Waals surface area contributed by atoms with E-state index in [1.54, 1.807) is 0 Å². The molecule has 0 heterocycles. The Morgan fingerprint density at radius 2 is 0.926 bits per heavy atom. The molecule has 0 aliphatic rings. The molecular weight excluding hydrogens is 363 g/mol. The molecule has 0 aromatic heterocycles. The molecule has 0 saturated heterocycles. The standard InChI is InChI=1S/C22H26BO2Si2/c1-26(2,3)17-15-19-7-11-21(12-8-19)24-23-25-22-13-9-20(10-14-22)16-18-27(4,5)6/h7-14H,1-6H3. The molecule has 0 unspecified atom stereocenters. The molecule has 0 spiro atoms.